The second kappa shape index (κ2) is 3.17. The van der Waals surface area contributed by atoms with Gasteiger partial charge in [0.1, 0.15) is 0 Å². The molecule has 3 atom stereocenters. The minimum absolute atomic E-state index is 0.0289. The average molecular weight is 191 g/mol. The highest BCUT2D eigenvalue weighted by Gasteiger charge is 2.56. The highest BCUT2D eigenvalue weighted by Crippen LogP contribution is 2.44. The molecule has 2 nitrogen and oxygen atoms in total. The largest absolute Gasteiger partial charge is 0.385 e. The summed E-state index contributed by atoms with van der Waals surface area (Å²) in [5.41, 5.74) is 0. The molecule has 2 aliphatic heterocycles. The van der Waals surface area contributed by atoms with E-state index in [9.17, 15) is 8.78 Å². The first kappa shape index (κ1) is 9.34. The summed E-state index contributed by atoms with van der Waals surface area (Å²) in [7, 11) is 1.61. The Morgan fingerprint density at radius 3 is 2.85 bits per heavy atom. The zero-order chi connectivity index (χ0) is 9.47. The Kier molecular flexibility index (Phi) is 2.28. The maximum Gasteiger partial charge on any atom is 0.264 e. The van der Waals surface area contributed by atoms with Gasteiger partial charge in [-0.1, -0.05) is 0 Å². The molecule has 13 heavy (non-hydrogen) atoms. The van der Waals surface area contributed by atoms with Crippen LogP contribution in [0.25, 0.3) is 0 Å². The Labute approximate surface area is 76.6 Å². The van der Waals surface area contributed by atoms with Crippen LogP contribution in [0.15, 0.2) is 0 Å². The van der Waals surface area contributed by atoms with E-state index in [1.54, 1.807) is 7.11 Å². The van der Waals surface area contributed by atoms with Gasteiger partial charge in [0.25, 0.3) is 5.92 Å². The van der Waals surface area contributed by atoms with Gasteiger partial charge in [0.2, 0.25) is 0 Å². The first-order valence-corrected chi connectivity index (χ1v) is 4.76. The molecule has 0 amide bonds. The van der Waals surface area contributed by atoms with E-state index in [1.807, 2.05) is 0 Å². The summed E-state index contributed by atoms with van der Waals surface area (Å²) in [6, 6.07) is -0.547. The fraction of sp³-hybridized carbons (Fsp3) is 1.00. The van der Waals surface area contributed by atoms with Gasteiger partial charge >= 0.3 is 0 Å². The Balaban J connectivity index is 1.94. The van der Waals surface area contributed by atoms with Gasteiger partial charge < -0.3 is 10.1 Å². The molecule has 4 heteroatoms. The summed E-state index contributed by atoms with van der Waals surface area (Å²) < 4.78 is 31.3. The van der Waals surface area contributed by atoms with Crippen LogP contribution < -0.4 is 5.32 Å². The molecule has 0 saturated carbocycles. The molecule has 2 aliphatic rings. The summed E-state index contributed by atoms with van der Waals surface area (Å²) in [6.07, 6.45) is 1.67. The van der Waals surface area contributed by atoms with Gasteiger partial charge in [-0.05, 0) is 18.8 Å². The monoisotopic (exact) mass is 191 g/mol. The van der Waals surface area contributed by atoms with Gasteiger partial charge in [-0.15, -0.1) is 0 Å². The summed E-state index contributed by atoms with van der Waals surface area (Å²) in [4.78, 5) is 0. The lowest BCUT2D eigenvalue weighted by Gasteiger charge is -2.27. The smallest absolute Gasteiger partial charge is 0.264 e. The summed E-state index contributed by atoms with van der Waals surface area (Å²) in [5, 5.41) is 2.97. The van der Waals surface area contributed by atoms with E-state index in [2.05, 4.69) is 5.32 Å². The molecule has 0 radical (unpaired) electrons. The number of fused-ring (bicyclic) bond motifs is 2. The Morgan fingerprint density at radius 1 is 1.54 bits per heavy atom. The minimum atomic E-state index is -2.48. The predicted molar refractivity (Wildman–Crippen MR) is 44.9 cm³/mol. The SMILES string of the molecule is COCCC1CC2CC(F)(F)C1N2. The standard InChI is InChI=1S/C9H15F2NO/c1-13-3-2-6-4-7-5-9(10,11)8(6)12-7/h6-8,12H,2-5H2,1H3. The number of nitrogens with one attached hydrogen (secondary N) is 1. The number of hydrogen-bond acceptors (Lipinski definition) is 2. The number of halogens is 2. The Hall–Kier alpha value is -0.220. The van der Waals surface area contributed by atoms with Gasteiger partial charge in [0.15, 0.2) is 0 Å². The molecule has 0 aromatic heterocycles. The van der Waals surface area contributed by atoms with E-state index in [-0.39, 0.29) is 18.4 Å². The zero-order valence-electron chi connectivity index (χ0n) is 7.72. The molecule has 2 bridgehead atoms. The maximum atomic E-state index is 13.2. The van der Waals surface area contributed by atoms with Crippen LogP contribution in [0.2, 0.25) is 0 Å². The highest BCUT2D eigenvalue weighted by molar-refractivity contribution is 5.06. The average Bonchev–Trinajstić information content (AvgIpc) is 2.55. The number of methoxy groups -OCH3 is 1. The van der Waals surface area contributed by atoms with Crippen molar-refractivity contribution in [3.63, 3.8) is 0 Å². The van der Waals surface area contributed by atoms with Crippen molar-refractivity contribution in [1.29, 1.82) is 0 Å². The molecule has 0 aromatic carbocycles. The van der Waals surface area contributed by atoms with Crippen LogP contribution in [0.1, 0.15) is 19.3 Å². The first-order valence-electron chi connectivity index (χ1n) is 4.76. The van der Waals surface area contributed by atoms with Gasteiger partial charge in [-0.25, -0.2) is 8.78 Å². The van der Waals surface area contributed by atoms with E-state index in [0.717, 1.165) is 12.8 Å². The fourth-order valence-corrected chi connectivity index (χ4v) is 2.58. The number of ether oxygens (including phenoxy) is 1. The topological polar surface area (TPSA) is 21.3 Å². The number of hydrogen-bond donors (Lipinski definition) is 1. The molecule has 3 unspecified atom stereocenters. The van der Waals surface area contributed by atoms with Crippen molar-refractivity contribution in [3.05, 3.63) is 0 Å². The lowest BCUT2D eigenvalue weighted by Crippen LogP contribution is -2.39. The predicted octanol–water partition coefficient (Wildman–Crippen LogP) is 1.41. The summed E-state index contributed by atoms with van der Waals surface area (Å²) in [6.45, 7) is 0.589. The third-order valence-electron chi connectivity index (χ3n) is 3.14. The summed E-state index contributed by atoms with van der Waals surface area (Å²) >= 11 is 0. The van der Waals surface area contributed by atoms with Gasteiger partial charge in [-0.2, -0.15) is 0 Å². The zero-order valence-corrected chi connectivity index (χ0v) is 7.72. The molecular weight excluding hydrogens is 176 g/mol. The first-order chi connectivity index (χ1) is 6.13. The quantitative estimate of drug-likeness (QED) is 0.728. The molecular formula is C9H15F2NO. The molecule has 2 fully saturated rings. The van der Waals surface area contributed by atoms with Crippen molar-refractivity contribution in [1.82, 2.24) is 5.32 Å². The third kappa shape index (κ3) is 1.57. The molecule has 0 spiro atoms. The second-order valence-corrected chi connectivity index (χ2v) is 4.08. The molecule has 2 heterocycles. The lowest BCUT2D eigenvalue weighted by molar-refractivity contribution is -0.0431. The van der Waals surface area contributed by atoms with Crippen molar-refractivity contribution >= 4 is 0 Å². The van der Waals surface area contributed by atoms with Crippen LogP contribution in [-0.4, -0.2) is 31.7 Å². The summed E-state index contributed by atoms with van der Waals surface area (Å²) in [5.74, 6) is -2.38. The van der Waals surface area contributed by atoms with Crippen molar-refractivity contribution in [3.8, 4) is 0 Å². The van der Waals surface area contributed by atoms with E-state index < -0.39 is 12.0 Å². The van der Waals surface area contributed by atoms with Gasteiger partial charge in [0.05, 0.1) is 6.04 Å². The maximum absolute atomic E-state index is 13.2. The van der Waals surface area contributed by atoms with Crippen LogP contribution in [0.5, 0.6) is 0 Å². The van der Waals surface area contributed by atoms with Crippen molar-refractivity contribution in [2.75, 3.05) is 13.7 Å². The molecule has 0 aromatic rings. The number of alkyl halides is 2. The van der Waals surface area contributed by atoms with E-state index >= 15 is 0 Å². The molecule has 76 valence electrons. The third-order valence-corrected chi connectivity index (χ3v) is 3.14. The van der Waals surface area contributed by atoms with Crippen LogP contribution >= 0.6 is 0 Å². The van der Waals surface area contributed by atoms with E-state index in [4.69, 9.17) is 4.74 Å². The van der Waals surface area contributed by atoms with Crippen LogP contribution in [0.4, 0.5) is 8.78 Å². The van der Waals surface area contributed by atoms with Crippen molar-refractivity contribution in [2.45, 2.75) is 37.3 Å². The van der Waals surface area contributed by atoms with Crippen molar-refractivity contribution < 1.29 is 13.5 Å². The van der Waals surface area contributed by atoms with E-state index in [0.29, 0.717) is 6.61 Å². The molecule has 1 N–H and O–H groups in total. The normalized spacial score (nSPS) is 41.3. The van der Waals surface area contributed by atoms with E-state index in [1.165, 1.54) is 0 Å². The van der Waals surface area contributed by atoms with Gasteiger partial charge in [-0.3, -0.25) is 0 Å². The van der Waals surface area contributed by atoms with Crippen molar-refractivity contribution in [2.24, 2.45) is 5.92 Å². The molecule has 0 aliphatic carbocycles. The lowest BCUT2D eigenvalue weighted by atomic mass is 9.84. The molecule has 2 rings (SSSR count). The number of rotatable bonds is 3. The highest BCUT2D eigenvalue weighted by atomic mass is 19.3. The van der Waals surface area contributed by atoms with Crippen LogP contribution in [0, 0.1) is 5.92 Å². The van der Waals surface area contributed by atoms with Crippen LogP contribution in [-0.2, 0) is 4.74 Å². The van der Waals surface area contributed by atoms with Gasteiger partial charge in [0, 0.05) is 26.2 Å². The molecule has 2 saturated heterocycles. The fourth-order valence-electron chi connectivity index (χ4n) is 2.58. The second-order valence-electron chi connectivity index (χ2n) is 4.08. The minimum Gasteiger partial charge on any atom is -0.385 e. The van der Waals surface area contributed by atoms with Crippen LogP contribution in [0.3, 0.4) is 0 Å². The Bertz CT molecular complexity index is 198. The Morgan fingerprint density at radius 2 is 2.31 bits per heavy atom.